The molecule has 0 bridgehead atoms. The molecule has 9 heteroatoms. The van der Waals surface area contributed by atoms with Gasteiger partial charge in [0.1, 0.15) is 6.04 Å². The summed E-state index contributed by atoms with van der Waals surface area (Å²) in [7, 11) is 0. The number of benzene rings is 3. The van der Waals surface area contributed by atoms with Gasteiger partial charge in [0.2, 0.25) is 11.8 Å². The molecule has 1 aliphatic rings. The van der Waals surface area contributed by atoms with E-state index in [4.69, 9.17) is 46.4 Å². The SMILES string of the molecule is O=C(NC1CCCCC1)C(Cc1ccccc1)N(Cc1ccc(Cl)cc1Cl)C(=O)CSCc1ccc(Cl)cc1Cl. The average Bonchev–Trinajstić information content (AvgIpc) is 2.94. The molecular formula is C31H32Cl4N2O2S. The minimum atomic E-state index is -0.705. The summed E-state index contributed by atoms with van der Waals surface area (Å²) in [5, 5.41) is 5.35. The number of rotatable bonds is 11. The van der Waals surface area contributed by atoms with Crippen LogP contribution in [0.2, 0.25) is 20.1 Å². The molecule has 4 nitrogen and oxygen atoms in total. The van der Waals surface area contributed by atoms with E-state index in [2.05, 4.69) is 5.32 Å². The molecule has 40 heavy (non-hydrogen) atoms. The van der Waals surface area contributed by atoms with Crippen molar-refractivity contribution in [3.05, 3.63) is 104 Å². The van der Waals surface area contributed by atoms with E-state index in [1.54, 1.807) is 29.2 Å². The van der Waals surface area contributed by atoms with Gasteiger partial charge in [-0.2, -0.15) is 0 Å². The number of amides is 2. The van der Waals surface area contributed by atoms with Crippen molar-refractivity contribution < 1.29 is 9.59 Å². The molecule has 1 N–H and O–H groups in total. The minimum Gasteiger partial charge on any atom is -0.352 e. The first-order valence-electron chi connectivity index (χ1n) is 13.4. The van der Waals surface area contributed by atoms with Crippen molar-refractivity contribution in [3.8, 4) is 0 Å². The third-order valence-electron chi connectivity index (χ3n) is 7.08. The molecule has 1 saturated carbocycles. The zero-order chi connectivity index (χ0) is 28.5. The number of nitrogens with zero attached hydrogens (tertiary/aromatic N) is 1. The summed E-state index contributed by atoms with van der Waals surface area (Å²) in [6.45, 7) is 0.187. The van der Waals surface area contributed by atoms with Crippen molar-refractivity contribution in [2.24, 2.45) is 0 Å². The minimum absolute atomic E-state index is 0.122. The maximum absolute atomic E-state index is 13.9. The van der Waals surface area contributed by atoms with E-state index in [1.165, 1.54) is 18.2 Å². The van der Waals surface area contributed by atoms with Crippen LogP contribution in [0.1, 0.15) is 48.8 Å². The van der Waals surface area contributed by atoms with Gasteiger partial charge in [0.05, 0.1) is 5.75 Å². The lowest BCUT2D eigenvalue weighted by Gasteiger charge is -2.33. The molecule has 0 radical (unpaired) electrons. The number of carbonyl (C=O) groups is 2. The standard InChI is InChI=1S/C31H32Cl4N2O2S/c32-24-13-11-22(27(34)16-24)18-37(30(38)20-40-19-23-12-14-25(33)17-28(23)35)29(15-21-7-3-1-4-8-21)31(39)36-26-9-5-2-6-10-26/h1,3-4,7-8,11-14,16-17,26,29H,2,5-6,9-10,15,18-20H2,(H,36,39). The monoisotopic (exact) mass is 636 g/mol. The van der Waals surface area contributed by atoms with Gasteiger partial charge in [-0.15, -0.1) is 11.8 Å². The zero-order valence-electron chi connectivity index (χ0n) is 22.1. The average molecular weight is 638 g/mol. The molecule has 0 spiro atoms. The molecule has 0 aliphatic heterocycles. The Morgan fingerprint density at radius 3 is 2.10 bits per heavy atom. The second-order valence-electron chi connectivity index (χ2n) is 10.0. The van der Waals surface area contributed by atoms with Crippen molar-refractivity contribution in [1.29, 1.82) is 0 Å². The summed E-state index contributed by atoms with van der Waals surface area (Å²) in [6.07, 6.45) is 5.69. The van der Waals surface area contributed by atoms with Crippen molar-refractivity contribution in [3.63, 3.8) is 0 Å². The van der Waals surface area contributed by atoms with Crippen molar-refractivity contribution in [1.82, 2.24) is 10.2 Å². The molecule has 212 valence electrons. The van der Waals surface area contributed by atoms with Crippen LogP contribution in [0, 0.1) is 0 Å². The topological polar surface area (TPSA) is 49.4 Å². The molecule has 3 aromatic rings. The Balaban J connectivity index is 1.59. The Morgan fingerprint density at radius 2 is 1.48 bits per heavy atom. The Bertz CT molecular complexity index is 1300. The highest BCUT2D eigenvalue weighted by Crippen LogP contribution is 2.27. The van der Waals surface area contributed by atoms with Crippen LogP contribution in [0.15, 0.2) is 66.7 Å². The molecule has 3 aromatic carbocycles. The third-order valence-corrected chi connectivity index (χ3v) is 9.22. The van der Waals surface area contributed by atoms with Crippen LogP contribution in [0.3, 0.4) is 0 Å². The Kier molecular flexibility index (Phi) is 11.9. The van der Waals surface area contributed by atoms with Gasteiger partial charge in [0.25, 0.3) is 0 Å². The van der Waals surface area contributed by atoms with Gasteiger partial charge >= 0.3 is 0 Å². The highest BCUT2D eigenvalue weighted by Gasteiger charge is 2.32. The molecule has 4 rings (SSSR count). The lowest BCUT2D eigenvalue weighted by molar-refractivity contribution is -0.139. The van der Waals surface area contributed by atoms with Gasteiger partial charge < -0.3 is 10.2 Å². The Hall–Kier alpha value is -1.89. The number of thioether (sulfide) groups is 1. The Labute approximate surface area is 260 Å². The van der Waals surface area contributed by atoms with Crippen LogP contribution in [0.25, 0.3) is 0 Å². The van der Waals surface area contributed by atoms with E-state index in [0.717, 1.165) is 42.4 Å². The normalized spacial score (nSPS) is 14.5. The van der Waals surface area contributed by atoms with Crippen molar-refractivity contribution in [2.45, 2.75) is 62.9 Å². The maximum atomic E-state index is 13.9. The lowest BCUT2D eigenvalue weighted by atomic mass is 9.94. The summed E-state index contributed by atoms with van der Waals surface area (Å²) in [6, 6.07) is 19.8. The third kappa shape index (κ3) is 9.06. The quantitative estimate of drug-likeness (QED) is 0.229. The highest BCUT2D eigenvalue weighted by atomic mass is 35.5. The van der Waals surface area contributed by atoms with E-state index in [-0.39, 0.29) is 30.2 Å². The second-order valence-corrected chi connectivity index (χ2v) is 12.7. The zero-order valence-corrected chi connectivity index (χ0v) is 25.9. The van der Waals surface area contributed by atoms with E-state index < -0.39 is 6.04 Å². The number of nitrogens with one attached hydrogen (secondary N) is 1. The molecular weight excluding hydrogens is 606 g/mol. The summed E-state index contributed by atoms with van der Waals surface area (Å²) >= 11 is 26.5. The molecule has 1 aliphatic carbocycles. The second kappa shape index (κ2) is 15.4. The fourth-order valence-corrected chi connectivity index (χ4v) is 6.84. The predicted molar refractivity (Wildman–Crippen MR) is 169 cm³/mol. The first-order valence-corrected chi connectivity index (χ1v) is 16.1. The molecule has 1 unspecified atom stereocenters. The van der Waals surface area contributed by atoms with Crippen LogP contribution in [-0.4, -0.2) is 34.6 Å². The van der Waals surface area contributed by atoms with Gasteiger partial charge in [0, 0.05) is 44.9 Å². The maximum Gasteiger partial charge on any atom is 0.243 e. The van der Waals surface area contributed by atoms with Crippen molar-refractivity contribution >= 4 is 70.0 Å². The summed E-state index contributed by atoms with van der Waals surface area (Å²) in [4.78, 5) is 29.4. The van der Waals surface area contributed by atoms with E-state index in [1.807, 2.05) is 42.5 Å². The molecule has 0 aromatic heterocycles. The number of hydrogen-bond donors (Lipinski definition) is 1. The van der Waals surface area contributed by atoms with Crippen LogP contribution >= 0.6 is 58.2 Å². The number of hydrogen-bond acceptors (Lipinski definition) is 3. The van der Waals surface area contributed by atoms with E-state index in [9.17, 15) is 9.59 Å². The molecule has 0 heterocycles. The predicted octanol–water partition coefficient (Wildman–Crippen LogP) is 8.62. The molecule has 0 saturated heterocycles. The van der Waals surface area contributed by atoms with Gasteiger partial charge in [-0.25, -0.2) is 0 Å². The van der Waals surface area contributed by atoms with Gasteiger partial charge in [-0.3, -0.25) is 9.59 Å². The fourth-order valence-electron chi connectivity index (χ4n) is 4.90. The summed E-state index contributed by atoms with van der Waals surface area (Å²) in [5.74, 6) is 0.418. The number of halogens is 4. The van der Waals surface area contributed by atoms with Crippen LogP contribution in [-0.2, 0) is 28.3 Å². The van der Waals surface area contributed by atoms with Crippen molar-refractivity contribution in [2.75, 3.05) is 5.75 Å². The van der Waals surface area contributed by atoms with E-state index in [0.29, 0.717) is 32.3 Å². The van der Waals surface area contributed by atoms with Crippen LogP contribution < -0.4 is 5.32 Å². The first kappa shape index (κ1) is 31.1. The van der Waals surface area contributed by atoms with Gasteiger partial charge in [0.15, 0.2) is 0 Å². The van der Waals surface area contributed by atoms with Gasteiger partial charge in [-0.05, 0) is 53.8 Å². The van der Waals surface area contributed by atoms with Crippen LogP contribution in [0.4, 0.5) is 0 Å². The summed E-state index contributed by atoms with van der Waals surface area (Å²) < 4.78 is 0. The highest BCUT2D eigenvalue weighted by molar-refractivity contribution is 7.99. The summed E-state index contributed by atoms with van der Waals surface area (Å²) in [5.41, 5.74) is 2.60. The first-order chi connectivity index (χ1) is 19.3. The van der Waals surface area contributed by atoms with E-state index >= 15 is 0 Å². The van der Waals surface area contributed by atoms with Gasteiger partial charge in [-0.1, -0.05) is 108 Å². The molecule has 1 atom stereocenters. The lowest BCUT2D eigenvalue weighted by Crippen LogP contribution is -2.53. The fraction of sp³-hybridized carbons (Fsp3) is 0.355. The number of carbonyl (C=O) groups excluding carboxylic acids is 2. The van der Waals surface area contributed by atoms with Crippen LogP contribution in [0.5, 0.6) is 0 Å². The Morgan fingerprint density at radius 1 is 0.850 bits per heavy atom. The smallest absolute Gasteiger partial charge is 0.243 e. The molecule has 1 fully saturated rings. The molecule has 2 amide bonds. The largest absolute Gasteiger partial charge is 0.352 e.